The zero-order chi connectivity index (χ0) is 13.9. The van der Waals surface area contributed by atoms with Crippen molar-refractivity contribution in [2.75, 3.05) is 7.11 Å². The normalized spacial score (nSPS) is 10.9. The summed E-state index contributed by atoms with van der Waals surface area (Å²) < 4.78 is 6.30. The van der Waals surface area contributed by atoms with Crippen LogP contribution < -0.4 is 4.74 Å². The molecule has 2 aromatic carbocycles. The summed E-state index contributed by atoms with van der Waals surface area (Å²) in [5.41, 5.74) is 3.33. The fourth-order valence-corrected chi connectivity index (χ4v) is 2.60. The van der Waals surface area contributed by atoms with Gasteiger partial charge in [0.2, 0.25) is 0 Å². The van der Waals surface area contributed by atoms with E-state index in [1.54, 1.807) is 7.11 Å². The summed E-state index contributed by atoms with van der Waals surface area (Å²) in [6, 6.07) is 14.2. The first-order chi connectivity index (χ1) is 9.74. The molecule has 0 radical (unpaired) electrons. The van der Waals surface area contributed by atoms with Gasteiger partial charge in [-0.2, -0.15) is 0 Å². The van der Waals surface area contributed by atoms with Gasteiger partial charge in [0, 0.05) is 10.9 Å². The standard InChI is InChI=1S/C16H15BrN2O/c1-20-13-4-2-3-11(9-13)5-8-16-18-14-7-6-12(17)10-15(14)19-16/h2-4,6-7,9-10H,5,8H2,1H3,(H,18,19). The number of rotatable bonds is 4. The Morgan fingerprint density at radius 1 is 1.15 bits per heavy atom. The van der Waals surface area contributed by atoms with Crippen LogP contribution in [0.4, 0.5) is 0 Å². The summed E-state index contributed by atoms with van der Waals surface area (Å²) in [7, 11) is 1.69. The molecule has 0 spiro atoms. The maximum absolute atomic E-state index is 5.24. The summed E-state index contributed by atoms with van der Waals surface area (Å²) >= 11 is 3.47. The molecule has 0 bridgehead atoms. The van der Waals surface area contributed by atoms with E-state index in [0.29, 0.717) is 0 Å². The number of ether oxygens (including phenoxy) is 1. The van der Waals surface area contributed by atoms with Crippen LogP contribution in [0.15, 0.2) is 46.9 Å². The van der Waals surface area contributed by atoms with E-state index in [4.69, 9.17) is 4.74 Å². The molecular formula is C16H15BrN2O. The predicted octanol–water partition coefficient (Wildman–Crippen LogP) is 4.12. The number of nitrogens with zero attached hydrogens (tertiary/aromatic N) is 1. The van der Waals surface area contributed by atoms with E-state index in [-0.39, 0.29) is 0 Å². The van der Waals surface area contributed by atoms with Gasteiger partial charge in [-0.05, 0) is 42.3 Å². The molecule has 0 atom stereocenters. The maximum atomic E-state index is 5.24. The van der Waals surface area contributed by atoms with Gasteiger partial charge in [-0.1, -0.05) is 28.1 Å². The molecule has 0 fully saturated rings. The second-order valence-corrected chi connectivity index (χ2v) is 5.61. The van der Waals surface area contributed by atoms with Crippen molar-refractivity contribution >= 4 is 27.0 Å². The molecule has 1 N–H and O–H groups in total. The fraction of sp³-hybridized carbons (Fsp3) is 0.188. The average molecular weight is 331 g/mol. The number of hydrogen-bond donors (Lipinski definition) is 1. The lowest BCUT2D eigenvalue weighted by atomic mass is 10.1. The van der Waals surface area contributed by atoms with Crippen LogP contribution in [0, 0.1) is 0 Å². The quantitative estimate of drug-likeness (QED) is 0.781. The number of methoxy groups -OCH3 is 1. The van der Waals surface area contributed by atoms with Crippen molar-refractivity contribution in [3.05, 3.63) is 58.3 Å². The molecule has 102 valence electrons. The van der Waals surface area contributed by atoms with Gasteiger partial charge < -0.3 is 9.72 Å². The van der Waals surface area contributed by atoms with Crippen LogP contribution in [0.1, 0.15) is 11.4 Å². The summed E-state index contributed by atoms with van der Waals surface area (Å²) in [4.78, 5) is 7.97. The minimum atomic E-state index is 0.888. The van der Waals surface area contributed by atoms with E-state index >= 15 is 0 Å². The molecule has 0 saturated carbocycles. The molecule has 0 amide bonds. The molecule has 0 aliphatic heterocycles. The molecule has 0 unspecified atom stereocenters. The highest BCUT2D eigenvalue weighted by Crippen LogP contribution is 2.19. The number of aromatic nitrogens is 2. The Kier molecular flexibility index (Phi) is 3.74. The number of aryl methyl sites for hydroxylation is 2. The number of imidazole rings is 1. The van der Waals surface area contributed by atoms with Gasteiger partial charge >= 0.3 is 0 Å². The Morgan fingerprint density at radius 3 is 2.90 bits per heavy atom. The molecule has 3 nitrogen and oxygen atoms in total. The summed E-state index contributed by atoms with van der Waals surface area (Å²) in [6.07, 6.45) is 1.83. The average Bonchev–Trinajstić information content (AvgIpc) is 2.87. The Morgan fingerprint density at radius 2 is 2.05 bits per heavy atom. The second-order valence-electron chi connectivity index (χ2n) is 4.70. The van der Waals surface area contributed by atoms with E-state index < -0.39 is 0 Å². The fourth-order valence-electron chi connectivity index (χ4n) is 2.24. The molecule has 1 aromatic heterocycles. The molecule has 0 saturated heterocycles. The first kappa shape index (κ1) is 13.2. The third-order valence-electron chi connectivity index (χ3n) is 3.28. The third kappa shape index (κ3) is 2.85. The van der Waals surface area contributed by atoms with E-state index in [1.807, 2.05) is 24.3 Å². The highest BCUT2D eigenvalue weighted by molar-refractivity contribution is 9.10. The summed E-state index contributed by atoms with van der Waals surface area (Å²) in [5.74, 6) is 1.91. The Labute approximate surface area is 126 Å². The molecule has 20 heavy (non-hydrogen) atoms. The predicted molar refractivity (Wildman–Crippen MR) is 84.2 cm³/mol. The van der Waals surface area contributed by atoms with Crippen molar-refractivity contribution in [1.82, 2.24) is 9.97 Å². The Balaban J connectivity index is 1.76. The lowest BCUT2D eigenvalue weighted by Crippen LogP contribution is -1.94. The number of fused-ring (bicyclic) bond motifs is 1. The van der Waals surface area contributed by atoms with Crippen LogP contribution in [0.25, 0.3) is 11.0 Å². The summed E-state index contributed by atoms with van der Waals surface area (Å²) in [6.45, 7) is 0. The van der Waals surface area contributed by atoms with Gasteiger partial charge in [0.15, 0.2) is 0 Å². The Hall–Kier alpha value is -1.81. The van der Waals surface area contributed by atoms with Crippen molar-refractivity contribution < 1.29 is 4.74 Å². The van der Waals surface area contributed by atoms with Crippen LogP contribution in [-0.4, -0.2) is 17.1 Å². The first-order valence-corrected chi connectivity index (χ1v) is 7.31. The maximum Gasteiger partial charge on any atom is 0.119 e. The topological polar surface area (TPSA) is 37.9 Å². The van der Waals surface area contributed by atoms with Gasteiger partial charge in [-0.25, -0.2) is 4.98 Å². The number of aromatic amines is 1. The smallest absolute Gasteiger partial charge is 0.119 e. The minimum Gasteiger partial charge on any atom is -0.497 e. The van der Waals surface area contributed by atoms with Crippen LogP contribution in [0.5, 0.6) is 5.75 Å². The molecular weight excluding hydrogens is 316 g/mol. The largest absolute Gasteiger partial charge is 0.497 e. The van der Waals surface area contributed by atoms with E-state index in [0.717, 1.165) is 39.9 Å². The van der Waals surface area contributed by atoms with Crippen LogP contribution in [0.2, 0.25) is 0 Å². The van der Waals surface area contributed by atoms with E-state index in [9.17, 15) is 0 Å². The molecule has 0 aliphatic rings. The molecule has 3 aromatic rings. The van der Waals surface area contributed by atoms with Gasteiger partial charge in [0.1, 0.15) is 11.6 Å². The van der Waals surface area contributed by atoms with Crippen molar-refractivity contribution in [3.8, 4) is 5.75 Å². The second kappa shape index (κ2) is 5.67. The SMILES string of the molecule is COc1cccc(CCc2nc3ccc(Br)cc3[nH]2)c1. The number of H-pyrrole nitrogens is 1. The first-order valence-electron chi connectivity index (χ1n) is 6.52. The molecule has 4 heteroatoms. The van der Waals surface area contributed by atoms with Crippen molar-refractivity contribution in [2.45, 2.75) is 12.8 Å². The monoisotopic (exact) mass is 330 g/mol. The van der Waals surface area contributed by atoms with Crippen LogP contribution >= 0.6 is 15.9 Å². The van der Waals surface area contributed by atoms with Crippen LogP contribution in [-0.2, 0) is 12.8 Å². The minimum absolute atomic E-state index is 0.888. The highest BCUT2D eigenvalue weighted by Gasteiger charge is 2.04. The number of halogens is 1. The number of benzene rings is 2. The van der Waals surface area contributed by atoms with Gasteiger partial charge in [-0.15, -0.1) is 0 Å². The summed E-state index contributed by atoms with van der Waals surface area (Å²) in [5, 5.41) is 0. The van der Waals surface area contributed by atoms with Gasteiger partial charge in [0.05, 0.1) is 18.1 Å². The zero-order valence-corrected chi connectivity index (χ0v) is 12.8. The van der Waals surface area contributed by atoms with Crippen LogP contribution in [0.3, 0.4) is 0 Å². The number of nitrogens with one attached hydrogen (secondary N) is 1. The van der Waals surface area contributed by atoms with Crippen molar-refractivity contribution in [3.63, 3.8) is 0 Å². The van der Waals surface area contributed by atoms with Gasteiger partial charge in [0.25, 0.3) is 0 Å². The highest BCUT2D eigenvalue weighted by atomic mass is 79.9. The molecule has 0 aliphatic carbocycles. The molecule has 3 rings (SSSR count). The Bertz CT molecular complexity index is 736. The third-order valence-corrected chi connectivity index (χ3v) is 3.77. The van der Waals surface area contributed by atoms with Crippen molar-refractivity contribution in [1.29, 1.82) is 0 Å². The van der Waals surface area contributed by atoms with Crippen molar-refractivity contribution in [2.24, 2.45) is 0 Å². The lowest BCUT2D eigenvalue weighted by Gasteiger charge is -2.03. The van der Waals surface area contributed by atoms with E-state index in [2.05, 4.69) is 44.1 Å². The lowest BCUT2D eigenvalue weighted by molar-refractivity contribution is 0.414. The molecule has 1 heterocycles. The van der Waals surface area contributed by atoms with Gasteiger partial charge in [-0.3, -0.25) is 0 Å². The van der Waals surface area contributed by atoms with E-state index in [1.165, 1.54) is 5.56 Å². The zero-order valence-electron chi connectivity index (χ0n) is 11.2. The number of hydrogen-bond acceptors (Lipinski definition) is 2.